The maximum atomic E-state index is 13.3. The summed E-state index contributed by atoms with van der Waals surface area (Å²) in [4.78, 5) is 22.8. The van der Waals surface area contributed by atoms with Crippen molar-refractivity contribution in [2.45, 2.75) is 25.7 Å². The Balaban J connectivity index is 1.84. The van der Waals surface area contributed by atoms with Gasteiger partial charge in [-0.3, -0.25) is 9.59 Å². The molecule has 4 nitrogen and oxygen atoms in total. The van der Waals surface area contributed by atoms with E-state index in [0.717, 1.165) is 24.8 Å². The summed E-state index contributed by atoms with van der Waals surface area (Å²) in [7, 11) is 0. The molecular formula is C16H20FNO3S. The standard InChI is InChI=1S/C16H20FNO3S/c17-13-4-1-3-12(9-13)10-16(5-2-6-16)15(21)18-7-8-22-11-14(19)20/h1,3-4,9H,2,5-8,10-11H2,(H,18,21)(H,19,20). The predicted molar refractivity (Wildman–Crippen MR) is 84.4 cm³/mol. The molecule has 0 aliphatic heterocycles. The number of aliphatic carboxylic acids is 1. The molecule has 0 heterocycles. The van der Waals surface area contributed by atoms with Crippen molar-refractivity contribution in [1.82, 2.24) is 5.32 Å². The third-order valence-electron chi connectivity index (χ3n) is 3.98. The largest absolute Gasteiger partial charge is 0.481 e. The number of benzene rings is 1. The number of nitrogens with one attached hydrogen (secondary N) is 1. The topological polar surface area (TPSA) is 66.4 Å². The third kappa shape index (κ3) is 4.47. The fraction of sp³-hybridized carbons (Fsp3) is 0.500. The molecule has 2 rings (SSSR count). The number of hydrogen-bond acceptors (Lipinski definition) is 3. The molecule has 2 N–H and O–H groups in total. The highest BCUT2D eigenvalue weighted by Gasteiger charge is 2.43. The number of carbonyl (C=O) groups excluding carboxylic acids is 1. The van der Waals surface area contributed by atoms with Gasteiger partial charge in [0.2, 0.25) is 5.91 Å². The van der Waals surface area contributed by atoms with Crippen molar-refractivity contribution in [2.24, 2.45) is 5.41 Å². The minimum Gasteiger partial charge on any atom is -0.481 e. The van der Waals surface area contributed by atoms with Gasteiger partial charge in [-0.05, 0) is 37.0 Å². The number of carboxylic acid groups (broad SMARTS) is 1. The van der Waals surface area contributed by atoms with Gasteiger partial charge in [0.15, 0.2) is 0 Å². The summed E-state index contributed by atoms with van der Waals surface area (Å²) in [5, 5.41) is 11.4. The first-order valence-corrected chi connectivity index (χ1v) is 8.50. The molecule has 0 saturated heterocycles. The molecule has 1 aromatic carbocycles. The normalized spacial score (nSPS) is 15.9. The second-order valence-electron chi connectivity index (χ2n) is 5.64. The molecule has 0 aromatic heterocycles. The van der Waals surface area contributed by atoms with E-state index < -0.39 is 11.4 Å². The van der Waals surface area contributed by atoms with Crippen LogP contribution in [0, 0.1) is 11.2 Å². The van der Waals surface area contributed by atoms with Crippen molar-refractivity contribution in [1.29, 1.82) is 0 Å². The van der Waals surface area contributed by atoms with Crippen LogP contribution in [0.15, 0.2) is 24.3 Å². The third-order valence-corrected chi connectivity index (χ3v) is 4.93. The minimum absolute atomic E-state index is 0.000985. The van der Waals surface area contributed by atoms with E-state index in [2.05, 4.69) is 5.32 Å². The highest BCUT2D eigenvalue weighted by Crippen LogP contribution is 2.44. The lowest BCUT2D eigenvalue weighted by Crippen LogP contribution is -2.47. The van der Waals surface area contributed by atoms with Gasteiger partial charge in [0.05, 0.1) is 11.2 Å². The van der Waals surface area contributed by atoms with E-state index in [-0.39, 0.29) is 17.5 Å². The zero-order valence-corrected chi connectivity index (χ0v) is 13.1. The van der Waals surface area contributed by atoms with Gasteiger partial charge >= 0.3 is 5.97 Å². The summed E-state index contributed by atoms with van der Waals surface area (Å²) in [6.45, 7) is 0.460. The molecule has 0 radical (unpaired) electrons. The van der Waals surface area contributed by atoms with Crippen molar-refractivity contribution >= 4 is 23.6 Å². The average Bonchev–Trinajstić information content (AvgIpc) is 2.42. The van der Waals surface area contributed by atoms with Gasteiger partial charge in [-0.25, -0.2) is 4.39 Å². The highest BCUT2D eigenvalue weighted by molar-refractivity contribution is 7.99. The molecular weight excluding hydrogens is 305 g/mol. The van der Waals surface area contributed by atoms with E-state index in [4.69, 9.17) is 5.11 Å². The first-order valence-electron chi connectivity index (χ1n) is 7.34. The molecule has 1 aliphatic rings. The van der Waals surface area contributed by atoms with Crippen molar-refractivity contribution in [3.05, 3.63) is 35.6 Å². The number of carboxylic acids is 1. The monoisotopic (exact) mass is 325 g/mol. The Kier molecular flexibility index (Phi) is 5.83. The van der Waals surface area contributed by atoms with Crippen LogP contribution in [0.4, 0.5) is 4.39 Å². The molecule has 22 heavy (non-hydrogen) atoms. The summed E-state index contributed by atoms with van der Waals surface area (Å²) in [6, 6.07) is 6.39. The number of rotatable bonds is 8. The van der Waals surface area contributed by atoms with Crippen molar-refractivity contribution < 1.29 is 19.1 Å². The lowest BCUT2D eigenvalue weighted by molar-refractivity contribution is -0.136. The Morgan fingerprint density at radius 1 is 1.36 bits per heavy atom. The fourth-order valence-corrected chi connectivity index (χ4v) is 3.27. The summed E-state index contributed by atoms with van der Waals surface area (Å²) in [5.74, 6) is -0.507. The van der Waals surface area contributed by atoms with Gasteiger partial charge in [0.25, 0.3) is 0 Å². The molecule has 6 heteroatoms. The molecule has 1 saturated carbocycles. The lowest BCUT2D eigenvalue weighted by atomic mass is 9.64. The summed E-state index contributed by atoms with van der Waals surface area (Å²) in [6.07, 6.45) is 3.20. The van der Waals surface area contributed by atoms with Gasteiger partial charge in [-0.15, -0.1) is 11.8 Å². The Labute approximate surface area is 133 Å². The fourth-order valence-electron chi connectivity index (χ4n) is 2.71. The quantitative estimate of drug-likeness (QED) is 0.721. The smallest absolute Gasteiger partial charge is 0.313 e. The number of hydrogen-bond donors (Lipinski definition) is 2. The maximum Gasteiger partial charge on any atom is 0.313 e. The maximum absolute atomic E-state index is 13.3. The second kappa shape index (κ2) is 7.63. The first-order chi connectivity index (χ1) is 10.5. The predicted octanol–water partition coefficient (Wildman–Crippen LogP) is 2.47. The summed E-state index contributed by atoms with van der Waals surface area (Å²) in [5.41, 5.74) is 0.417. The average molecular weight is 325 g/mol. The van der Waals surface area contributed by atoms with Crippen LogP contribution in [0.5, 0.6) is 0 Å². The van der Waals surface area contributed by atoms with Crippen molar-refractivity contribution in [2.75, 3.05) is 18.1 Å². The van der Waals surface area contributed by atoms with Crippen LogP contribution in [0.2, 0.25) is 0 Å². The molecule has 0 unspecified atom stereocenters. The van der Waals surface area contributed by atoms with Gasteiger partial charge in [0.1, 0.15) is 5.82 Å². The van der Waals surface area contributed by atoms with E-state index in [1.54, 1.807) is 6.07 Å². The van der Waals surface area contributed by atoms with Gasteiger partial charge in [-0.2, -0.15) is 0 Å². The Bertz CT molecular complexity index is 546. The molecule has 0 atom stereocenters. The van der Waals surface area contributed by atoms with Crippen LogP contribution in [-0.2, 0) is 16.0 Å². The Hall–Kier alpha value is -1.56. The van der Waals surface area contributed by atoms with Crippen molar-refractivity contribution in [3.63, 3.8) is 0 Å². The molecule has 0 bridgehead atoms. The SMILES string of the molecule is O=C(O)CSCCNC(=O)C1(Cc2cccc(F)c2)CCC1. The number of amides is 1. The first kappa shape index (κ1) is 16.8. The van der Waals surface area contributed by atoms with Gasteiger partial charge < -0.3 is 10.4 Å². The zero-order valence-electron chi connectivity index (χ0n) is 12.3. The van der Waals surface area contributed by atoms with E-state index in [9.17, 15) is 14.0 Å². The van der Waals surface area contributed by atoms with Gasteiger partial charge in [0, 0.05) is 12.3 Å². The Morgan fingerprint density at radius 3 is 2.73 bits per heavy atom. The minimum atomic E-state index is -0.849. The summed E-state index contributed by atoms with van der Waals surface area (Å²) >= 11 is 1.28. The molecule has 1 aliphatic carbocycles. The molecule has 1 aromatic rings. The van der Waals surface area contributed by atoms with E-state index in [0.29, 0.717) is 18.7 Å². The molecule has 1 fully saturated rings. The Morgan fingerprint density at radius 2 is 2.14 bits per heavy atom. The van der Waals surface area contributed by atoms with Crippen LogP contribution in [0.1, 0.15) is 24.8 Å². The number of thioether (sulfide) groups is 1. The highest BCUT2D eigenvalue weighted by atomic mass is 32.2. The molecule has 120 valence electrons. The van der Waals surface area contributed by atoms with Crippen molar-refractivity contribution in [3.8, 4) is 0 Å². The molecule has 0 spiro atoms. The van der Waals surface area contributed by atoms with Crippen LogP contribution >= 0.6 is 11.8 Å². The summed E-state index contributed by atoms with van der Waals surface area (Å²) < 4.78 is 13.3. The number of carbonyl (C=O) groups is 2. The van der Waals surface area contributed by atoms with Crippen LogP contribution in [0.25, 0.3) is 0 Å². The second-order valence-corrected chi connectivity index (χ2v) is 6.75. The van der Waals surface area contributed by atoms with E-state index in [1.807, 2.05) is 6.07 Å². The van der Waals surface area contributed by atoms with E-state index >= 15 is 0 Å². The van der Waals surface area contributed by atoms with Gasteiger partial charge in [-0.1, -0.05) is 18.6 Å². The van der Waals surface area contributed by atoms with Crippen LogP contribution in [0.3, 0.4) is 0 Å². The lowest BCUT2D eigenvalue weighted by Gasteiger charge is -2.40. The van der Waals surface area contributed by atoms with Crippen LogP contribution in [-0.4, -0.2) is 35.0 Å². The molecule has 1 amide bonds. The van der Waals surface area contributed by atoms with E-state index in [1.165, 1.54) is 23.9 Å². The van der Waals surface area contributed by atoms with Crippen LogP contribution < -0.4 is 5.32 Å². The number of halogens is 1. The zero-order chi connectivity index (χ0) is 16.0.